The van der Waals surface area contributed by atoms with E-state index in [1.54, 1.807) is 12.4 Å². The lowest BCUT2D eigenvalue weighted by molar-refractivity contribution is -0.156. The first kappa shape index (κ1) is 26.8. The number of nitrogens with one attached hydrogen (secondary N) is 2. The number of aryl methyl sites for hydroxylation is 2. The third kappa shape index (κ3) is 6.25. The second-order valence-corrected chi connectivity index (χ2v) is 9.38. The van der Waals surface area contributed by atoms with Gasteiger partial charge in [0.05, 0.1) is 17.3 Å². The van der Waals surface area contributed by atoms with E-state index in [2.05, 4.69) is 39.4 Å². The van der Waals surface area contributed by atoms with Gasteiger partial charge in [-0.05, 0) is 46.5 Å². The summed E-state index contributed by atoms with van der Waals surface area (Å²) in [5.41, 5.74) is 4.79. The van der Waals surface area contributed by atoms with Crippen molar-refractivity contribution in [3.05, 3.63) is 41.7 Å². The number of aldehydes is 1. The molecule has 2 N–H and O–H groups in total. The molecule has 4 aromatic rings. The number of carbonyl (C=O) groups is 2. The van der Waals surface area contributed by atoms with Crippen LogP contribution in [0.25, 0.3) is 33.5 Å². The molecular formula is C24H28F3N7O2. The van der Waals surface area contributed by atoms with Crippen LogP contribution < -0.4 is 5.32 Å². The van der Waals surface area contributed by atoms with Crippen molar-refractivity contribution in [2.75, 3.05) is 20.6 Å². The molecule has 192 valence electrons. The molecular weight excluding hydrogens is 475 g/mol. The highest BCUT2D eigenvalue weighted by Crippen LogP contribution is 2.28. The van der Waals surface area contributed by atoms with E-state index >= 15 is 0 Å². The van der Waals surface area contributed by atoms with Crippen molar-refractivity contribution in [2.45, 2.75) is 32.5 Å². The Bertz CT molecular complexity index is 1400. The molecule has 0 aliphatic carbocycles. The Morgan fingerprint density at radius 1 is 1.25 bits per heavy atom. The average molecular weight is 504 g/mol. The molecule has 4 rings (SSSR count). The number of halogens is 3. The zero-order valence-electron chi connectivity index (χ0n) is 20.9. The van der Waals surface area contributed by atoms with Crippen molar-refractivity contribution in [3.8, 4) is 11.4 Å². The summed E-state index contributed by atoms with van der Waals surface area (Å²) >= 11 is 0. The highest BCUT2D eigenvalue weighted by Gasteiger charge is 2.25. The molecule has 0 unspecified atom stereocenters. The lowest BCUT2D eigenvalue weighted by Crippen LogP contribution is -2.49. The number of likely N-dealkylation sites (N-methyl/N-ethyl adjacent to an activating group) is 1. The van der Waals surface area contributed by atoms with Gasteiger partial charge in [-0.1, -0.05) is 12.1 Å². The van der Waals surface area contributed by atoms with Crippen LogP contribution in [0.5, 0.6) is 0 Å². The van der Waals surface area contributed by atoms with Crippen LogP contribution in [0.1, 0.15) is 29.8 Å². The van der Waals surface area contributed by atoms with E-state index < -0.39 is 12.5 Å². The average Bonchev–Trinajstić information content (AvgIpc) is 3.33. The first-order valence-electron chi connectivity index (χ1n) is 11.0. The molecule has 0 bridgehead atoms. The first-order chi connectivity index (χ1) is 16.7. The van der Waals surface area contributed by atoms with Crippen LogP contribution in [0.2, 0.25) is 0 Å². The van der Waals surface area contributed by atoms with Gasteiger partial charge in [0.2, 0.25) is 6.29 Å². The summed E-state index contributed by atoms with van der Waals surface area (Å²) in [5, 5.41) is 8.76. The Hall–Kier alpha value is -3.80. The zero-order valence-corrected chi connectivity index (χ0v) is 20.9. The smallest absolute Gasteiger partial charge is 0.346 e. The standard InChI is InChI=1S/C22H27N7O.C2HF3O/c1-13-7-8-14-17(9-13)29(6)27-18(14)16-11-24-20-19(25-16)15(10-23-20)21(30)26-22(2,3)12-28(4)5;3-2(4,5)1-6/h7-11H,12H2,1-6H3,(H,23,24)(H,26,30);1H. The molecule has 0 saturated carbocycles. The lowest BCUT2D eigenvalue weighted by atomic mass is 10.0. The Balaban J connectivity index is 0.000000538. The fourth-order valence-electron chi connectivity index (χ4n) is 3.94. The van der Waals surface area contributed by atoms with E-state index in [0.717, 1.165) is 23.1 Å². The Kier molecular flexibility index (Phi) is 7.48. The summed E-state index contributed by atoms with van der Waals surface area (Å²) < 4.78 is 33.1. The van der Waals surface area contributed by atoms with Crippen LogP contribution in [-0.4, -0.2) is 74.2 Å². The minimum Gasteiger partial charge on any atom is -0.346 e. The molecule has 0 fully saturated rings. The quantitative estimate of drug-likeness (QED) is 0.403. The number of rotatable bonds is 5. The van der Waals surface area contributed by atoms with Crippen LogP contribution >= 0.6 is 0 Å². The van der Waals surface area contributed by atoms with Crippen molar-refractivity contribution in [2.24, 2.45) is 7.05 Å². The van der Waals surface area contributed by atoms with Crippen LogP contribution in [0.15, 0.2) is 30.6 Å². The van der Waals surface area contributed by atoms with Crippen molar-refractivity contribution in [1.82, 2.24) is 34.9 Å². The number of hydrogen-bond acceptors (Lipinski definition) is 6. The van der Waals surface area contributed by atoms with Crippen molar-refractivity contribution < 1.29 is 22.8 Å². The maximum absolute atomic E-state index is 13.0. The van der Waals surface area contributed by atoms with Gasteiger partial charge < -0.3 is 15.2 Å². The molecule has 0 spiro atoms. The number of amides is 1. The fourth-order valence-corrected chi connectivity index (χ4v) is 3.94. The van der Waals surface area contributed by atoms with E-state index in [9.17, 15) is 18.0 Å². The number of benzene rings is 1. The van der Waals surface area contributed by atoms with Gasteiger partial charge in [0, 0.05) is 30.7 Å². The molecule has 0 atom stereocenters. The van der Waals surface area contributed by atoms with Gasteiger partial charge in [0.1, 0.15) is 16.9 Å². The molecule has 36 heavy (non-hydrogen) atoms. The Morgan fingerprint density at radius 2 is 1.92 bits per heavy atom. The number of H-pyrrole nitrogens is 1. The van der Waals surface area contributed by atoms with Gasteiger partial charge in [-0.3, -0.25) is 14.3 Å². The van der Waals surface area contributed by atoms with E-state index in [0.29, 0.717) is 22.4 Å². The largest absolute Gasteiger partial charge is 0.446 e. The molecule has 0 aliphatic rings. The maximum atomic E-state index is 13.0. The number of aromatic amines is 1. The van der Waals surface area contributed by atoms with Gasteiger partial charge in [-0.15, -0.1) is 0 Å². The van der Waals surface area contributed by atoms with Gasteiger partial charge >= 0.3 is 6.18 Å². The summed E-state index contributed by atoms with van der Waals surface area (Å²) in [5.74, 6) is -0.180. The minimum atomic E-state index is -4.64. The summed E-state index contributed by atoms with van der Waals surface area (Å²) in [6, 6.07) is 6.20. The number of hydrogen-bond donors (Lipinski definition) is 2. The molecule has 0 aliphatic heterocycles. The number of carbonyl (C=O) groups excluding carboxylic acids is 2. The summed E-state index contributed by atoms with van der Waals surface area (Å²) in [6.45, 7) is 6.77. The Morgan fingerprint density at radius 3 is 2.53 bits per heavy atom. The predicted octanol–water partition coefficient (Wildman–Crippen LogP) is 3.64. The normalized spacial score (nSPS) is 12.1. The molecule has 0 radical (unpaired) electrons. The van der Waals surface area contributed by atoms with Gasteiger partial charge in [-0.25, -0.2) is 9.97 Å². The molecule has 3 aromatic heterocycles. The number of alkyl halides is 3. The zero-order chi connectivity index (χ0) is 26.8. The summed E-state index contributed by atoms with van der Waals surface area (Å²) in [7, 11) is 5.88. The van der Waals surface area contributed by atoms with E-state index in [1.807, 2.05) is 50.6 Å². The highest BCUT2D eigenvalue weighted by molar-refractivity contribution is 6.05. The van der Waals surface area contributed by atoms with Crippen molar-refractivity contribution in [1.29, 1.82) is 0 Å². The van der Waals surface area contributed by atoms with Crippen LogP contribution in [-0.2, 0) is 11.8 Å². The van der Waals surface area contributed by atoms with Crippen LogP contribution in [0.3, 0.4) is 0 Å². The van der Waals surface area contributed by atoms with E-state index in [-0.39, 0.29) is 11.4 Å². The molecule has 9 nitrogen and oxygen atoms in total. The predicted molar refractivity (Wildman–Crippen MR) is 131 cm³/mol. The third-order valence-corrected chi connectivity index (χ3v) is 5.17. The number of nitrogens with zero attached hydrogens (tertiary/aromatic N) is 5. The molecule has 0 saturated heterocycles. The first-order valence-corrected chi connectivity index (χ1v) is 11.0. The minimum absolute atomic E-state index is 0.180. The van der Waals surface area contributed by atoms with E-state index in [4.69, 9.17) is 9.78 Å². The van der Waals surface area contributed by atoms with Gasteiger partial charge in [-0.2, -0.15) is 18.3 Å². The lowest BCUT2D eigenvalue weighted by Gasteiger charge is -2.29. The van der Waals surface area contributed by atoms with Gasteiger partial charge in [0.25, 0.3) is 5.91 Å². The van der Waals surface area contributed by atoms with Gasteiger partial charge in [0.15, 0.2) is 5.65 Å². The molecule has 12 heteroatoms. The topological polar surface area (TPSA) is 109 Å². The second-order valence-electron chi connectivity index (χ2n) is 9.38. The SMILES string of the molecule is Cc1ccc2c(-c3cnc4[nH]cc(C(=O)NC(C)(C)CN(C)C)c4n3)nn(C)c2c1.O=CC(F)(F)F. The molecule has 3 heterocycles. The molecule has 1 amide bonds. The van der Waals surface area contributed by atoms with Crippen LogP contribution in [0.4, 0.5) is 13.2 Å². The monoisotopic (exact) mass is 503 g/mol. The second kappa shape index (κ2) is 10.1. The fraction of sp³-hybridized carbons (Fsp3) is 0.375. The highest BCUT2D eigenvalue weighted by atomic mass is 19.4. The summed E-state index contributed by atoms with van der Waals surface area (Å²) in [4.78, 5) is 36.0. The van der Waals surface area contributed by atoms with Crippen molar-refractivity contribution >= 4 is 34.3 Å². The Labute approximate surface area is 205 Å². The molecule has 1 aromatic carbocycles. The number of fused-ring (bicyclic) bond motifs is 2. The maximum Gasteiger partial charge on any atom is 0.446 e. The van der Waals surface area contributed by atoms with Crippen molar-refractivity contribution in [3.63, 3.8) is 0 Å². The van der Waals surface area contributed by atoms with E-state index in [1.165, 1.54) is 5.56 Å². The van der Waals surface area contributed by atoms with Crippen LogP contribution in [0, 0.1) is 6.92 Å². The third-order valence-electron chi connectivity index (χ3n) is 5.17. The summed E-state index contributed by atoms with van der Waals surface area (Å²) in [6.07, 6.45) is -2.35. The number of aromatic nitrogens is 5.